The Hall–Kier alpha value is -3.54. The molecule has 0 fully saturated rings. The summed E-state index contributed by atoms with van der Waals surface area (Å²) in [4.78, 5) is 17.1. The van der Waals surface area contributed by atoms with Crippen molar-refractivity contribution in [3.63, 3.8) is 0 Å². The number of pyridine rings is 1. The first-order chi connectivity index (χ1) is 11.9. The van der Waals surface area contributed by atoms with E-state index in [4.69, 9.17) is 0 Å². The lowest BCUT2D eigenvalue weighted by molar-refractivity contribution is 1.06. The van der Waals surface area contributed by atoms with Crippen LogP contribution in [0.25, 0.3) is 17.1 Å². The van der Waals surface area contributed by atoms with E-state index in [1.165, 1.54) is 0 Å². The van der Waals surface area contributed by atoms with Crippen molar-refractivity contribution in [1.82, 2.24) is 24.5 Å². The molecule has 3 aromatic heterocycles. The average molecular weight is 314 g/mol. The highest BCUT2D eigenvalue weighted by molar-refractivity contribution is 5.60. The molecule has 0 aliphatic carbocycles. The maximum absolute atomic E-state index is 4.47. The van der Waals surface area contributed by atoms with Gasteiger partial charge in [0.05, 0.1) is 5.69 Å². The fourth-order valence-electron chi connectivity index (χ4n) is 2.43. The van der Waals surface area contributed by atoms with Gasteiger partial charge in [-0.25, -0.2) is 19.9 Å². The van der Waals surface area contributed by atoms with E-state index >= 15 is 0 Å². The smallest absolute Gasteiger partial charge is 0.228 e. The second-order valence-electron chi connectivity index (χ2n) is 5.08. The van der Waals surface area contributed by atoms with Crippen LogP contribution in [-0.2, 0) is 0 Å². The lowest BCUT2D eigenvalue weighted by atomic mass is 10.2. The van der Waals surface area contributed by atoms with Gasteiger partial charge in [-0.2, -0.15) is 0 Å². The summed E-state index contributed by atoms with van der Waals surface area (Å²) in [6.45, 7) is 0. The number of hydrogen-bond donors (Lipinski definition) is 1. The van der Waals surface area contributed by atoms with E-state index in [9.17, 15) is 0 Å². The predicted molar refractivity (Wildman–Crippen MR) is 92.1 cm³/mol. The monoisotopic (exact) mass is 314 g/mol. The zero-order valence-electron chi connectivity index (χ0n) is 12.7. The molecular weight excluding hydrogens is 300 g/mol. The van der Waals surface area contributed by atoms with Crippen LogP contribution in [0.1, 0.15) is 0 Å². The summed E-state index contributed by atoms with van der Waals surface area (Å²) in [6, 6.07) is 15.7. The molecule has 0 spiro atoms. The molecule has 4 rings (SSSR count). The van der Waals surface area contributed by atoms with Gasteiger partial charge in [-0.3, -0.25) is 4.57 Å². The van der Waals surface area contributed by atoms with E-state index in [1.807, 2.05) is 53.2 Å². The normalized spacial score (nSPS) is 10.5. The largest absolute Gasteiger partial charge is 0.309 e. The molecule has 4 aromatic rings. The minimum atomic E-state index is 0.510. The van der Waals surface area contributed by atoms with Crippen LogP contribution in [0.2, 0.25) is 0 Å². The summed E-state index contributed by atoms with van der Waals surface area (Å²) in [5.41, 5.74) is 2.01. The van der Waals surface area contributed by atoms with Crippen molar-refractivity contribution in [2.45, 2.75) is 0 Å². The third-order valence-corrected chi connectivity index (χ3v) is 3.50. The molecule has 0 atom stereocenters. The number of benzene rings is 1. The molecular formula is C18H14N6. The van der Waals surface area contributed by atoms with Gasteiger partial charge < -0.3 is 5.32 Å². The van der Waals surface area contributed by atoms with Gasteiger partial charge >= 0.3 is 0 Å². The molecule has 0 saturated carbocycles. The van der Waals surface area contributed by atoms with Crippen molar-refractivity contribution < 1.29 is 0 Å². The summed E-state index contributed by atoms with van der Waals surface area (Å²) in [5, 5.41) is 3.10. The Labute approximate surface area is 138 Å². The highest BCUT2D eigenvalue weighted by Gasteiger charge is 2.08. The molecule has 6 nitrogen and oxygen atoms in total. The number of rotatable bonds is 4. The number of nitrogens with zero attached hydrogens (tertiary/aromatic N) is 5. The van der Waals surface area contributed by atoms with E-state index in [0.29, 0.717) is 11.8 Å². The van der Waals surface area contributed by atoms with E-state index in [2.05, 4.69) is 25.3 Å². The first-order valence-electron chi connectivity index (χ1n) is 7.49. The topological polar surface area (TPSA) is 68.5 Å². The van der Waals surface area contributed by atoms with Gasteiger partial charge in [-0.1, -0.05) is 30.3 Å². The number of aromatic nitrogens is 5. The van der Waals surface area contributed by atoms with Crippen LogP contribution in [-0.4, -0.2) is 24.5 Å². The van der Waals surface area contributed by atoms with Crippen LogP contribution in [0.3, 0.4) is 0 Å². The van der Waals surface area contributed by atoms with Gasteiger partial charge in [0.15, 0.2) is 0 Å². The molecule has 3 heterocycles. The Morgan fingerprint density at radius 1 is 0.750 bits per heavy atom. The van der Waals surface area contributed by atoms with Crippen LogP contribution in [0.5, 0.6) is 0 Å². The Bertz CT molecular complexity index is 934. The number of hydrogen-bond acceptors (Lipinski definition) is 5. The molecule has 0 amide bonds. The van der Waals surface area contributed by atoms with Crippen molar-refractivity contribution in [3.8, 4) is 17.1 Å². The van der Waals surface area contributed by atoms with Gasteiger partial charge in [0, 0.05) is 42.6 Å². The van der Waals surface area contributed by atoms with Crippen LogP contribution < -0.4 is 5.32 Å². The molecule has 0 aliphatic rings. The van der Waals surface area contributed by atoms with Crippen LogP contribution in [0.15, 0.2) is 79.5 Å². The molecule has 24 heavy (non-hydrogen) atoms. The Balaban J connectivity index is 1.69. The van der Waals surface area contributed by atoms with Crippen molar-refractivity contribution in [3.05, 3.63) is 79.5 Å². The highest BCUT2D eigenvalue weighted by atomic mass is 15.1. The SMILES string of the molecule is c1ccc(-c2nccn2-c2ccnc(Nc3ncccn3)c2)cc1. The summed E-state index contributed by atoms with van der Waals surface area (Å²) < 4.78 is 2.02. The van der Waals surface area contributed by atoms with Gasteiger partial charge in [0.25, 0.3) is 0 Å². The lowest BCUT2D eigenvalue weighted by Crippen LogP contribution is -2.01. The van der Waals surface area contributed by atoms with Gasteiger partial charge in [0.1, 0.15) is 11.6 Å². The number of nitrogens with one attached hydrogen (secondary N) is 1. The maximum Gasteiger partial charge on any atom is 0.228 e. The minimum Gasteiger partial charge on any atom is -0.309 e. The molecule has 0 aliphatic heterocycles. The highest BCUT2D eigenvalue weighted by Crippen LogP contribution is 2.22. The molecule has 1 N–H and O–H groups in total. The van der Waals surface area contributed by atoms with Gasteiger partial charge in [-0.05, 0) is 12.1 Å². The molecule has 0 saturated heterocycles. The molecule has 0 radical (unpaired) electrons. The summed E-state index contributed by atoms with van der Waals surface area (Å²) in [6.07, 6.45) is 8.83. The molecule has 116 valence electrons. The summed E-state index contributed by atoms with van der Waals surface area (Å²) in [5.74, 6) is 2.06. The minimum absolute atomic E-state index is 0.510. The molecule has 0 bridgehead atoms. The van der Waals surface area contributed by atoms with E-state index < -0.39 is 0 Å². The summed E-state index contributed by atoms with van der Waals surface area (Å²) >= 11 is 0. The van der Waals surface area contributed by atoms with Crippen molar-refractivity contribution in [2.24, 2.45) is 0 Å². The second-order valence-corrected chi connectivity index (χ2v) is 5.08. The predicted octanol–water partition coefficient (Wildman–Crippen LogP) is 3.47. The maximum atomic E-state index is 4.47. The Kier molecular flexibility index (Phi) is 3.69. The van der Waals surface area contributed by atoms with Gasteiger partial charge in [0.2, 0.25) is 5.95 Å². The van der Waals surface area contributed by atoms with Crippen molar-refractivity contribution in [2.75, 3.05) is 5.32 Å². The summed E-state index contributed by atoms with van der Waals surface area (Å²) in [7, 11) is 0. The standard InChI is InChI=1S/C18H14N6/c1-2-5-14(6-3-1)17-20-11-12-24(17)15-7-10-19-16(13-15)23-18-21-8-4-9-22-18/h1-13H,(H,19,21,22,23). The van der Waals surface area contributed by atoms with Crippen LogP contribution >= 0.6 is 0 Å². The zero-order chi connectivity index (χ0) is 16.2. The van der Waals surface area contributed by atoms with Crippen LogP contribution in [0, 0.1) is 0 Å². The quantitative estimate of drug-likeness (QED) is 0.624. The Morgan fingerprint density at radius 2 is 1.58 bits per heavy atom. The Morgan fingerprint density at radius 3 is 2.42 bits per heavy atom. The molecule has 1 aromatic carbocycles. The number of anilines is 2. The van der Waals surface area contributed by atoms with Crippen LogP contribution in [0.4, 0.5) is 11.8 Å². The second kappa shape index (κ2) is 6.29. The first kappa shape index (κ1) is 14.1. The third-order valence-electron chi connectivity index (χ3n) is 3.50. The molecule has 0 unspecified atom stereocenters. The van der Waals surface area contributed by atoms with E-state index in [1.54, 1.807) is 30.9 Å². The van der Waals surface area contributed by atoms with Crippen molar-refractivity contribution in [1.29, 1.82) is 0 Å². The van der Waals surface area contributed by atoms with Crippen molar-refractivity contribution >= 4 is 11.8 Å². The number of imidazole rings is 1. The fraction of sp³-hybridized carbons (Fsp3) is 0. The van der Waals surface area contributed by atoms with E-state index in [-0.39, 0.29) is 0 Å². The molecule has 6 heteroatoms. The fourth-order valence-corrected chi connectivity index (χ4v) is 2.43. The zero-order valence-corrected chi connectivity index (χ0v) is 12.7. The van der Waals surface area contributed by atoms with E-state index in [0.717, 1.165) is 17.1 Å². The van der Waals surface area contributed by atoms with Gasteiger partial charge in [-0.15, -0.1) is 0 Å². The average Bonchev–Trinajstić information content (AvgIpc) is 3.13. The third kappa shape index (κ3) is 2.85. The lowest BCUT2D eigenvalue weighted by Gasteiger charge is -2.10. The first-order valence-corrected chi connectivity index (χ1v) is 7.49.